The van der Waals surface area contributed by atoms with E-state index in [-0.39, 0.29) is 23.6 Å². The van der Waals surface area contributed by atoms with Crippen molar-refractivity contribution >= 4 is 11.9 Å². The van der Waals surface area contributed by atoms with E-state index >= 15 is 0 Å². The van der Waals surface area contributed by atoms with Crippen molar-refractivity contribution in [1.82, 2.24) is 10.4 Å². The lowest BCUT2D eigenvalue weighted by atomic mass is 10.1. The smallest absolute Gasteiger partial charge is 0.335 e. The Morgan fingerprint density at radius 3 is 2.77 bits per heavy atom. The van der Waals surface area contributed by atoms with Crippen LogP contribution in [0.2, 0.25) is 0 Å². The monoisotopic (exact) mass is 364 g/mol. The molecule has 1 aromatic carbocycles. The highest BCUT2D eigenvalue weighted by Crippen LogP contribution is 2.19. The number of hydrogen-bond donors (Lipinski definition) is 2. The molecule has 8 nitrogen and oxygen atoms in total. The maximum Gasteiger partial charge on any atom is 0.335 e. The van der Waals surface area contributed by atoms with Crippen molar-refractivity contribution in [3.63, 3.8) is 0 Å². The molecule has 8 heteroatoms. The van der Waals surface area contributed by atoms with Gasteiger partial charge >= 0.3 is 5.97 Å². The van der Waals surface area contributed by atoms with Crippen LogP contribution in [0.1, 0.15) is 29.6 Å². The summed E-state index contributed by atoms with van der Waals surface area (Å²) < 4.78 is 11.4. The van der Waals surface area contributed by atoms with Gasteiger partial charge in [0.25, 0.3) is 0 Å². The van der Waals surface area contributed by atoms with Gasteiger partial charge in [-0.15, -0.1) is 0 Å². The summed E-state index contributed by atoms with van der Waals surface area (Å²) >= 11 is 0. The van der Waals surface area contributed by atoms with Crippen LogP contribution in [-0.2, 0) is 14.4 Å². The highest BCUT2D eigenvalue weighted by molar-refractivity contribution is 5.87. The van der Waals surface area contributed by atoms with Gasteiger partial charge in [0.15, 0.2) is 0 Å². The molecular weight excluding hydrogens is 340 g/mol. The van der Waals surface area contributed by atoms with Gasteiger partial charge in [0, 0.05) is 26.1 Å². The van der Waals surface area contributed by atoms with E-state index in [0.717, 1.165) is 19.6 Å². The van der Waals surface area contributed by atoms with Crippen molar-refractivity contribution in [2.24, 2.45) is 0 Å². The molecule has 2 heterocycles. The Labute approximate surface area is 152 Å². The molecule has 2 N–H and O–H groups in total. The third-order valence-electron chi connectivity index (χ3n) is 4.45. The molecule has 142 valence electrons. The quantitative estimate of drug-likeness (QED) is 0.747. The van der Waals surface area contributed by atoms with Gasteiger partial charge in [0.05, 0.1) is 24.8 Å². The maximum atomic E-state index is 12.2. The fraction of sp³-hybridized carbons (Fsp3) is 0.556. The number of carbonyl (C=O) groups excluding carboxylic acids is 1. The van der Waals surface area contributed by atoms with Crippen LogP contribution >= 0.6 is 0 Å². The predicted octanol–water partition coefficient (Wildman–Crippen LogP) is 1.06. The molecule has 0 saturated carbocycles. The molecule has 26 heavy (non-hydrogen) atoms. The number of rotatable bonds is 7. The van der Waals surface area contributed by atoms with E-state index in [0.29, 0.717) is 38.3 Å². The molecule has 0 unspecified atom stereocenters. The summed E-state index contributed by atoms with van der Waals surface area (Å²) in [7, 11) is 0. The largest absolute Gasteiger partial charge is 0.486 e. The van der Waals surface area contributed by atoms with Crippen LogP contribution in [-0.4, -0.2) is 67.1 Å². The van der Waals surface area contributed by atoms with E-state index in [2.05, 4.69) is 5.32 Å². The molecule has 0 aromatic heterocycles. The second-order valence-electron chi connectivity index (χ2n) is 6.39. The first-order chi connectivity index (χ1) is 12.6. The fourth-order valence-electron chi connectivity index (χ4n) is 3.02. The average molecular weight is 364 g/mol. The first-order valence-electron chi connectivity index (χ1n) is 8.87. The second kappa shape index (κ2) is 8.98. The number of nitrogens with one attached hydrogen (secondary N) is 1. The van der Waals surface area contributed by atoms with Crippen LogP contribution in [0.4, 0.5) is 0 Å². The predicted molar refractivity (Wildman–Crippen MR) is 91.9 cm³/mol. The molecule has 2 aliphatic rings. The first-order valence-corrected chi connectivity index (χ1v) is 8.87. The summed E-state index contributed by atoms with van der Waals surface area (Å²) in [6, 6.07) is 6.06. The number of carboxylic acids is 1. The molecule has 2 aliphatic heterocycles. The molecule has 2 fully saturated rings. The van der Waals surface area contributed by atoms with Gasteiger partial charge in [-0.05, 0) is 37.1 Å². The SMILES string of the molecule is O=C(CCN1CCCO1)N[C@@H]1CCOC[C@H]1Oc1ccc(C(=O)O)cc1. The van der Waals surface area contributed by atoms with Crippen molar-refractivity contribution in [2.45, 2.75) is 31.4 Å². The zero-order valence-corrected chi connectivity index (χ0v) is 14.6. The van der Waals surface area contributed by atoms with Gasteiger partial charge in [0.1, 0.15) is 11.9 Å². The van der Waals surface area contributed by atoms with Crippen molar-refractivity contribution in [3.05, 3.63) is 29.8 Å². The molecule has 3 rings (SSSR count). The molecule has 0 bridgehead atoms. The minimum Gasteiger partial charge on any atom is -0.486 e. The van der Waals surface area contributed by atoms with Gasteiger partial charge in [-0.1, -0.05) is 0 Å². The van der Waals surface area contributed by atoms with Gasteiger partial charge in [-0.25, -0.2) is 4.79 Å². The Kier molecular flexibility index (Phi) is 6.43. The van der Waals surface area contributed by atoms with E-state index in [1.807, 2.05) is 5.06 Å². The average Bonchev–Trinajstić information content (AvgIpc) is 3.16. The Hall–Kier alpha value is -2.16. The van der Waals surface area contributed by atoms with Gasteiger partial charge in [-0.3, -0.25) is 9.63 Å². The van der Waals surface area contributed by atoms with E-state index in [4.69, 9.17) is 19.4 Å². The highest BCUT2D eigenvalue weighted by Gasteiger charge is 2.29. The summed E-state index contributed by atoms with van der Waals surface area (Å²) in [5.41, 5.74) is 0.200. The van der Waals surface area contributed by atoms with Crippen LogP contribution in [0.3, 0.4) is 0 Å². The van der Waals surface area contributed by atoms with Crippen molar-refractivity contribution < 1.29 is 29.0 Å². The molecule has 2 atom stereocenters. The maximum absolute atomic E-state index is 12.2. The van der Waals surface area contributed by atoms with Crippen LogP contribution in [0.25, 0.3) is 0 Å². The second-order valence-corrected chi connectivity index (χ2v) is 6.39. The molecule has 0 radical (unpaired) electrons. The molecule has 1 aromatic rings. The zero-order valence-electron chi connectivity index (χ0n) is 14.6. The Bertz CT molecular complexity index is 615. The van der Waals surface area contributed by atoms with E-state index in [1.165, 1.54) is 12.1 Å². The van der Waals surface area contributed by atoms with Crippen LogP contribution < -0.4 is 10.1 Å². The molecule has 0 aliphatic carbocycles. The summed E-state index contributed by atoms with van der Waals surface area (Å²) in [6.07, 6.45) is 1.73. The Morgan fingerprint density at radius 1 is 1.27 bits per heavy atom. The van der Waals surface area contributed by atoms with E-state index < -0.39 is 5.97 Å². The van der Waals surface area contributed by atoms with Gasteiger partial charge in [-0.2, -0.15) is 5.06 Å². The number of benzene rings is 1. The summed E-state index contributed by atoms with van der Waals surface area (Å²) in [5, 5.41) is 13.8. The summed E-state index contributed by atoms with van der Waals surface area (Å²) in [5.74, 6) is -0.470. The Balaban J connectivity index is 1.51. The van der Waals surface area contributed by atoms with Crippen LogP contribution in [0.15, 0.2) is 24.3 Å². The topological polar surface area (TPSA) is 97.3 Å². The summed E-state index contributed by atoms with van der Waals surface area (Å²) in [4.78, 5) is 28.5. The highest BCUT2D eigenvalue weighted by atomic mass is 16.7. The lowest BCUT2D eigenvalue weighted by molar-refractivity contribution is -0.132. The van der Waals surface area contributed by atoms with E-state index in [1.54, 1.807) is 12.1 Å². The number of hydroxylamine groups is 2. The molecule has 1 amide bonds. The van der Waals surface area contributed by atoms with Crippen LogP contribution in [0, 0.1) is 0 Å². The number of aromatic carboxylic acids is 1. The van der Waals surface area contributed by atoms with Crippen molar-refractivity contribution in [2.75, 3.05) is 32.9 Å². The van der Waals surface area contributed by atoms with E-state index in [9.17, 15) is 9.59 Å². The van der Waals surface area contributed by atoms with Gasteiger partial charge < -0.3 is 19.9 Å². The zero-order chi connectivity index (χ0) is 18.4. The van der Waals surface area contributed by atoms with Crippen molar-refractivity contribution in [3.8, 4) is 5.75 Å². The lowest BCUT2D eigenvalue weighted by Gasteiger charge is -2.32. The molecule has 2 saturated heterocycles. The van der Waals surface area contributed by atoms with Crippen molar-refractivity contribution in [1.29, 1.82) is 0 Å². The molecule has 0 spiro atoms. The standard InChI is InChI=1S/C18H24N2O6/c21-17(6-9-20-8-1-10-25-20)19-15-7-11-24-12-16(15)26-14-4-2-13(3-5-14)18(22)23/h2-5,15-16H,1,6-12H2,(H,19,21)(H,22,23)/t15-,16-/m1/s1. The lowest BCUT2D eigenvalue weighted by Crippen LogP contribution is -2.51. The Morgan fingerprint density at radius 2 is 2.08 bits per heavy atom. The number of hydrogen-bond acceptors (Lipinski definition) is 6. The minimum absolute atomic E-state index is 0.0396. The molecular formula is C18H24N2O6. The summed E-state index contributed by atoms with van der Waals surface area (Å²) in [6.45, 7) is 3.11. The fourth-order valence-corrected chi connectivity index (χ4v) is 3.02. The minimum atomic E-state index is -0.982. The third kappa shape index (κ3) is 5.17. The number of ether oxygens (including phenoxy) is 2. The number of nitrogens with zero attached hydrogens (tertiary/aromatic N) is 1. The first kappa shape index (κ1) is 18.6. The number of carbonyl (C=O) groups is 2. The van der Waals surface area contributed by atoms with Crippen LogP contribution in [0.5, 0.6) is 5.75 Å². The number of amides is 1. The van der Waals surface area contributed by atoms with Gasteiger partial charge in [0.2, 0.25) is 5.91 Å². The number of carboxylic acid groups (broad SMARTS) is 1. The normalized spacial score (nSPS) is 23.5. The third-order valence-corrected chi connectivity index (χ3v) is 4.45.